The number of nitrogens with zero attached hydrogens (tertiary/aromatic N) is 2. The number of carbonyl (C=O) groups excluding carboxylic acids is 1. The first-order chi connectivity index (χ1) is 11.6. The molecule has 0 unspecified atom stereocenters. The highest BCUT2D eigenvalue weighted by molar-refractivity contribution is 6.30. The number of hydrogen-bond acceptors (Lipinski definition) is 3. The van der Waals surface area contributed by atoms with Gasteiger partial charge in [0.05, 0.1) is 0 Å². The third-order valence-corrected chi connectivity index (χ3v) is 4.23. The largest absolute Gasteiger partial charge is 0.329 e. The van der Waals surface area contributed by atoms with E-state index >= 15 is 0 Å². The molecule has 24 heavy (non-hydrogen) atoms. The van der Waals surface area contributed by atoms with E-state index in [0.29, 0.717) is 23.8 Å². The summed E-state index contributed by atoms with van der Waals surface area (Å²) in [6.07, 6.45) is 1.74. The van der Waals surface area contributed by atoms with Gasteiger partial charge in [0.25, 0.3) is 0 Å². The normalized spacial score (nSPS) is 15.3. The average molecular weight is 347 g/mol. The second-order valence-corrected chi connectivity index (χ2v) is 6.20. The van der Waals surface area contributed by atoms with Crippen LogP contribution in [0.2, 0.25) is 5.02 Å². The molecule has 0 bridgehead atoms. The number of nitrogens with one attached hydrogen (secondary N) is 2. The topological polar surface area (TPSA) is 68.4 Å². The minimum Gasteiger partial charge on any atom is -0.329 e. The highest BCUT2D eigenvalue weighted by Gasteiger charge is 2.21. The molecule has 1 saturated heterocycles. The molecule has 0 radical (unpaired) electrons. The fourth-order valence-electron chi connectivity index (χ4n) is 2.68. The number of halogens is 1. The van der Waals surface area contributed by atoms with Crippen LogP contribution in [0.5, 0.6) is 0 Å². The molecule has 1 aliphatic rings. The molecule has 0 aliphatic carbocycles. The van der Waals surface area contributed by atoms with Gasteiger partial charge in [-0.05, 0) is 23.8 Å². The monoisotopic (exact) mass is 346 g/mol. The Labute approximate surface area is 145 Å². The smallest absolute Gasteiger partial charge is 0.321 e. The Hall–Kier alpha value is -2.31. The molecule has 0 saturated carbocycles. The van der Waals surface area contributed by atoms with Crippen LogP contribution in [-0.4, -0.2) is 47.0 Å². The van der Waals surface area contributed by atoms with E-state index in [2.05, 4.69) is 15.2 Å². The number of rotatable bonds is 3. The van der Waals surface area contributed by atoms with Crippen molar-refractivity contribution in [1.82, 2.24) is 14.8 Å². The summed E-state index contributed by atoms with van der Waals surface area (Å²) in [5, 5.41) is 3.46. The Morgan fingerprint density at radius 1 is 1.17 bits per heavy atom. The summed E-state index contributed by atoms with van der Waals surface area (Å²) in [5.74, 6) is 0. The third kappa shape index (κ3) is 4.37. The summed E-state index contributed by atoms with van der Waals surface area (Å²) in [5.41, 5.74) is 1.66. The van der Waals surface area contributed by atoms with Crippen LogP contribution in [0.25, 0.3) is 0 Å². The van der Waals surface area contributed by atoms with Gasteiger partial charge in [0, 0.05) is 55.7 Å². The molecule has 1 fully saturated rings. The number of piperazine rings is 1. The number of anilines is 1. The highest BCUT2D eigenvalue weighted by atomic mass is 35.5. The Morgan fingerprint density at radius 3 is 2.62 bits per heavy atom. The molecule has 2 N–H and O–H groups in total. The Kier molecular flexibility index (Phi) is 5.17. The van der Waals surface area contributed by atoms with Crippen LogP contribution in [0.15, 0.2) is 47.4 Å². The lowest BCUT2D eigenvalue weighted by atomic mass is 10.2. The lowest BCUT2D eigenvalue weighted by Crippen LogP contribution is -2.49. The van der Waals surface area contributed by atoms with E-state index in [4.69, 9.17) is 11.6 Å². The van der Waals surface area contributed by atoms with Crippen molar-refractivity contribution in [2.75, 3.05) is 31.5 Å². The van der Waals surface area contributed by atoms with E-state index in [1.165, 1.54) is 6.07 Å². The SMILES string of the molecule is O=C(Nc1cccc(Cl)c1)N1CCN(Cc2ccc(=O)[nH]c2)CC1. The molecule has 0 spiro atoms. The fraction of sp³-hybridized carbons (Fsp3) is 0.294. The van der Waals surface area contributed by atoms with E-state index in [0.717, 1.165) is 25.2 Å². The van der Waals surface area contributed by atoms with E-state index in [1.54, 1.807) is 29.3 Å². The van der Waals surface area contributed by atoms with Crippen molar-refractivity contribution in [3.05, 3.63) is 63.5 Å². The number of urea groups is 1. The maximum atomic E-state index is 12.3. The summed E-state index contributed by atoms with van der Waals surface area (Å²) in [7, 11) is 0. The van der Waals surface area contributed by atoms with Crippen LogP contribution in [0, 0.1) is 0 Å². The Morgan fingerprint density at radius 2 is 1.96 bits per heavy atom. The van der Waals surface area contributed by atoms with Gasteiger partial charge in [-0.25, -0.2) is 4.79 Å². The number of aromatic amines is 1. The van der Waals surface area contributed by atoms with Crippen LogP contribution in [0.4, 0.5) is 10.5 Å². The van der Waals surface area contributed by atoms with Crippen molar-refractivity contribution in [3.8, 4) is 0 Å². The molecule has 2 heterocycles. The molecule has 6 nitrogen and oxygen atoms in total. The van der Waals surface area contributed by atoms with E-state index < -0.39 is 0 Å². The number of pyridine rings is 1. The maximum absolute atomic E-state index is 12.3. The first kappa shape index (κ1) is 16.5. The molecule has 2 aromatic rings. The first-order valence-electron chi connectivity index (χ1n) is 7.81. The summed E-state index contributed by atoms with van der Waals surface area (Å²) in [4.78, 5) is 30.1. The minimum atomic E-state index is -0.110. The zero-order valence-corrected chi connectivity index (χ0v) is 13.9. The van der Waals surface area contributed by atoms with E-state index in [9.17, 15) is 9.59 Å². The Bertz CT molecular complexity index is 749. The summed E-state index contributed by atoms with van der Waals surface area (Å²) in [6, 6.07) is 10.4. The second-order valence-electron chi connectivity index (χ2n) is 5.76. The third-order valence-electron chi connectivity index (χ3n) is 3.99. The van der Waals surface area contributed by atoms with Crippen molar-refractivity contribution in [3.63, 3.8) is 0 Å². The van der Waals surface area contributed by atoms with Crippen LogP contribution in [0.3, 0.4) is 0 Å². The summed E-state index contributed by atoms with van der Waals surface area (Å²) >= 11 is 5.93. The Balaban J connectivity index is 1.50. The fourth-order valence-corrected chi connectivity index (χ4v) is 2.87. The standard InChI is InChI=1S/C17H19ClN4O2/c18-14-2-1-3-15(10-14)20-17(24)22-8-6-21(7-9-22)12-13-4-5-16(23)19-11-13/h1-5,10-11H,6-9,12H2,(H,19,23)(H,20,24). The van der Waals surface area contributed by atoms with Gasteiger partial charge in [-0.3, -0.25) is 9.69 Å². The van der Waals surface area contributed by atoms with Gasteiger partial charge in [0.2, 0.25) is 5.56 Å². The molecule has 0 atom stereocenters. The molecule has 126 valence electrons. The van der Waals surface area contributed by atoms with Crippen LogP contribution >= 0.6 is 11.6 Å². The van der Waals surface area contributed by atoms with Crippen molar-refractivity contribution in [1.29, 1.82) is 0 Å². The lowest BCUT2D eigenvalue weighted by molar-refractivity contribution is 0.143. The predicted octanol–water partition coefficient (Wildman–Crippen LogP) is 2.38. The molecular weight excluding hydrogens is 328 g/mol. The van der Waals surface area contributed by atoms with Gasteiger partial charge in [-0.15, -0.1) is 0 Å². The lowest BCUT2D eigenvalue weighted by Gasteiger charge is -2.34. The molecule has 1 aromatic carbocycles. The number of carbonyl (C=O) groups is 1. The first-order valence-corrected chi connectivity index (χ1v) is 8.19. The number of hydrogen-bond donors (Lipinski definition) is 2. The van der Waals surface area contributed by atoms with Crippen molar-refractivity contribution in [2.45, 2.75) is 6.54 Å². The van der Waals surface area contributed by atoms with Crippen molar-refractivity contribution < 1.29 is 4.79 Å². The molecule has 1 aliphatic heterocycles. The van der Waals surface area contributed by atoms with Gasteiger partial charge >= 0.3 is 6.03 Å². The second kappa shape index (κ2) is 7.51. The number of H-pyrrole nitrogens is 1. The molecule has 2 amide bonds. The van der Waals surface area contributed by atoms with Crippen molar-refractivity contribution >= 4 is 23.3 Å². The van der Waals surface area contributed by atoms with Gasteiger partial charge in [0.15, 0.2) is 0 Å². The van der Waals surface area contributed by atoms with E-state index in [-0.39, 0.29) is 11.6 Å². The minimum absolute atomic E-state index is 0.0961. The summed E-state index contributed by atoms with van der Waals surface area (Å²) in [6.45, 7) is 3.68. The van der Waals surface area contributed by atoms with Crippen LogP contribution < -0.4 is 10.9 Å². The zero-order chi connectivity index (χ0) is 16.9. The number of aromatic nitrogens is 1. The van der Waals surface area contributed by atoms with Gasteiger partial charge in [-0.2, -0.15) is 0 Å². The zero-order valence-electron chi connectivity index (χ0n) is 13.2. The molecule has 7 heteroatoms. The molecule has 3 rings (SSSR count). The van der Waals surface area contributed by atoms with Gasteiger partial charge in [0.1, 0.15) is 0 Å². The number of benzene rings is 1. The van der Waals surface area contributed by atoms with E-state index in [1.807, 2.05) is 12.1 Å². The van der Waals surface area contributed by atoms with Crippen LogP contribution in [-0.2, 0) is 6.54 Å². The summed E-state index contributed by atoms with van der Waals surface area (Å²) < 4.78 is 0. The molecular formula is C17H19ClN4O2. The highest BCUT2D eigenvalue weighted by Crippen LogP contribution is 2.16. The quantitative estimate of drug-likeness (QED) is 0.896. The van der Waals surface area contributed by atoms with Gasteiger partial charge < -0.3 is 15.2 Å². The molecule has 1 aromatic heterocycles. The van der Waals surface area contributed by atoms with Crippen molar-refractivity contribution in [2.24, 2.45) is 0 Å². The number of amides is 2. The maximum Gasteiger partial charge on any atom is 0.321 e. The van der Waals surface area contributed by atoms with Crippen LogP contribution in [0.1, 0.15) is 5.56 Å². The van der Waals surface area contributed by atoms with Gasteiger partial charge in [-0.1, -0.05) is 23.7 Å². The predicted molar refractivity (Wildman–Crippen MR) is 94.4 cm³/mol. The average Bonchev–Trinajstić information content (AvgIpc) is 2.57.